The van der Waals surface area contributed by atoms with Gasteiger partial charge in [-0.15, -0.1) is 0 Å². The van der Waals surface area contributed by atoms with Gasteiger partial charge in [0.05, 0.1) is 36.5 Å². The minimum absolute atomic E-state index is 0.0530. The average molecular weight is 493 g/mol. The summed E-state index contributed by atoms with van der Waals surface area (Å²) in [6.45, 7) is 1.35. The Labute approximate surface area is 208 Å². The number of rotatable bonds is 10. The SMILES string of the molecule is COc1ccc2c(cnn2-c2ccnc(Nc3cc([N+](=O)[O-])c(N(C)CCN(C)C)cc3OC)n2)c1. The Balaban J connectivity index is 1.67. The maximum atomic E-state index is 11.9. The van der Waals surface area contributed by atoms with Gasteiger partial charge in [-0.05, 0) is 32.3 Å². The van der Waals surface area contributed by atoms with Gasteiger partial charge in [0.1, 0.15) is 17.2 Å². The van der Waals surface area contributed by atoms with Crippen molar-refractivity contribution in [3.63, 3.8) is 0 Å². The molecule has 0 spiro atoms. The van der Waals surface area contributed by atoms with E-state index in [1.165, 1.54) is 13.2 Å². The molecule has 0 atom stereocenters. The Morgan fingerprint density at radius 3 is 2.58 bits per heavy atom. The molecule has 2 heterocycles. The van der Waals surface area contributed by atoms with Gasteiger partial charge in [0, 0.05) is 49.9 Å². The number of nitro groups is 1. The first-order chi connectivity index (χ1) is 17.3. The van der Waals surface area contributed by atoms with Crippen molar-refractivity contribution >= 4 is 33.9 Å². The third kappa shape index (κ3) is 5.13. The van der Waals surface area contributed by atoms with Gasteiger partial charge in [-0.1, -0.05) is 0 Å². The minimum Gasteiger partial charge on any atom is -0.497 e. The Hall–Kier alpha value is -4.45. The zero-order chi connectivity index (χ0) is 25.8. The molecule has 0 aliphatic rings. The first-order valence-electron chi connectivity index (χ1n) is 11.1. The number of benzene rings is 2. The molecular formula is C24H28N8O4. The molecule has 0 saturated heterocycles. The standard InChI is InChI=1S/C24H28N8O4/c1-29(2)10-11-30(3)20-14-22(36-5)18(13-21(20)32(33)34)27-24-25-9-8-23(28-24)31-19-7-6-17(35-4)12-16(19)15-26-31/h6-9,12-15H,10-11H2,1-5H3,(H,25,27,28). The maximum Gasteiger partial charge on any atom is 0.294 e. The molecule has 4 rings (SSSR count). The summed E-state index contributed by atoms with van der Waals surface area (Å²) < 4.78 is 12.5. The molecule has 36 heavy (non-hydrogen) atoms. The molecule has 188 valence electrons. The van der Waals surface area contributed by atoms with E-state index in [4.69, 9.17) is 9.47 Å². The van der Waals surface area contributed by atoms with E-state index in [0.717, 1.165) is 23.2 Å². The summed E-state index contributed by atoms with van der Waals surface area (Å²) in [6, 6.07) is 10.4. The van der Waals surface area contributed by atoms with Crippen LogP contribution in [0.25, 0.3) is 16.7 Å². The number of nitro benzene ring substituents is 1. The summed E-state index contributed by atoms with van der Waals surface area (Å²) in [5, 5.41) is 20.3. The predicted molar refractivity (Wildman–Crippen MR) is 138 cm³/mol. The van der Waals surface area contributed by atoms with Gasteiger partial charge in [-0.3, -0.25) is 10.1 Å². The minimum atomic E-state index is -0.409. The molecule has 2 aromatic carbocycles. The van der Waals surface area contributed by atoms with Crippen LogP contribution < -0.4 is 19.7 Å². The molecule has 1 N–H and O–H groups in total. The van der Waals surface area contributed by atoms with Gasteiger partial charge in [0.15, 0.2) is 5.82 Å². The molecule has 0 aliphatic carbocycles. The van der Waals surface area contributed by atoms with Crippen molar-refractivity contribution in [1.29, 1.82) is 0 Å². The molecule has 2 aromatic heterocycles. The fourth-order valence-corrected chi connectivity index (χ4v) is 3.72. The number of nitrogens with zero attached hydrogens (tertiary/aromatic N) is 7. The smallest absolute Gasteiger partial charge is 0.294 e. The van der Waals surface area contributed by atoms with E-state index in [9.17, 15) is 10.1 Å². The lowest BCUT2D eigenvalue weighted by atomic mass is 10.2. The number of ether oxygens (including phenoxy) is 2. The highest BCUT2D eigenvalue weighted by atomic mass is 16.6. The lowest BCUT2D eigenvalue weighted by Gasteiger charge is -2.22. The van der Waals surface area contributed by atoms with Crippen molar-refractivity contribution in [3.05, 3.63) is 58.9 Å². The Morgan fingerprint density at radius 1 is 1.08 bits per heavy atom. The van der Waals surface area contributed by atoms with Crippen molar-refractivity contribution in [2.75, 3.05) is 58.7 Å². The quantitative estimate of drug-likeness (QED) is 0.260. The van der Waals surface area contributed by atoms with E-state index in [-0.39, 0.29) is 11.6 Å². The monoisotopic (exact) mass is 492 g/mol. The van der Waals surface area contributed by atoms with Crippen LogP contribution >= 0.6 is 0 Å². The van der Waals surface area contributed by atoms with E-state index in [0.29, 0.717) is 29.5 Å². The van der Waals surface area contributed by atoms with E-state index in [1.807, 2.05) is 49.1 Å². The summed E-state index contributed by atoms with van der Waals surface area (Å²) in [6.07, 6.45) is 3.32. The molecule has 12 nitrogen and oxygen atoms in total. The van der Waals surface area contributed by atoms with Crippen molar-refractivity contribution < 1.29 is 14.4 Å². The lowest BCUT2D eigenvalue weighted by Crippen LogP contribution is -2.28. The van der Waals surface area contributed by atoms with Crippen LogP contribution in [0.15, 0.2) is 48.8 Å². The summed E-state index contributed by atoms with van der Waals surface area (Å²) >= 11 is 0. The topological polar surface area (TPSA) is 124 Å². The molecule has 4 aromatic rings. The number of likely N-dealkylation sites (N-methyl/N-ethyl adjacent to an activating group) is 2. The molecule has 0 radical (unpaired) electrons. The fraction of sp³-hybridized carbons (Fsp3) is 0.292. The molecule has 0 unspecified atom stereocenters. The second kappa shape index (κ2) is 10.4. The zero-order valence-corrected chi connectivity index (χ0v) is 20.8. The lowest BCUT2D eigenvalue weighted by molar-refractivity contribution is -0.384. The van der Waals surface area contributed by atoms with Gasteiger partial charge in [-0.25, -0.2) is 9.67 Å². The van der Waals surface area contributed by atoms with Crippen LogP contribution in [0.3, 0.4) is 0 Å². The summed E-state index contributed by atoms with van der Waals surface area (Å²) in [7, 11) is 8.84. The van der Waals surface area contributed by atoms with Gasteiger partial charge < -0.3 is 24.6 Å². The zero-order valence-electron chi connectivity index (χ0n) is 20.8. The number of nitrogens with one attached hydrogen (secondary N) is 1. The van der Waals surface area contributed by atoms with Gasteiger partial charge in [-0.2, -0.15) is 10.1 Å². The number of hydrogen-bond acceptors (Lipinski definition) is 10. The number of fused-ring (bicyclic) bond motifs is 1. The molecule has 12 heteroatoms. The third-order valence-corrected chi connectivity index (χ3v) is 5.67. The normalized spacial score (nSPS) is 11.1. The maximum absolute atomic E-state index is 11.9. The highest BCUT2D eigenvalue weighted by molar-refractivity contribution is 5.81. The number of anilines is 3. The van der Waals surface area contributed by atoms with E-state index in [2.05, 4.69) is 20.4 Å². The van der Waals surface area contributed by atoms with Crippen LogP contribution in [0.4, 0.5) is 23.0 Å². The molecule has 0 fully saturated rings. The van der Waals surface area contributed by atoms with Crippen LogP contribution in [0.2, 0.25) is 0 Å². The van der Waals surface area contributed by atoms with E-state index in [1.54, 1.807) is 36.3 Å². The van der Waals surface area contributed by atoms with Crippen LogP contribution in [0, 0.1) is 10.1 Å². The van der Waals surface area contributed by atoms with Gasteiger partial charge >= 0.3 is 0 Å². The Bertz CT molecular complexity index is 1390. The van der Waals surface area contributed by atoms with Crippen molar-refractivity contribution in [2.45, 2.75) is 0 Å². The number of hydrogen-bond donors (Lipinski definition) is 1. The first kappa shape index (κ1) is 24.7. The largest absolute Gasteiger partial charge is 0.497 e. The summed E-state index contributed by atoms with van der Waals surface area (Å²) in [5.74, 6) is 1.93. The molecule has 0 amide bonds. The first-order valence-corrected chi connectivity index (χ1v) is 11.1. The van der Waals surface area contributed by atoms with Crippen molar-refractivity contribution in [1.82, 2.24) is 24.6 Å². The second-order valence-electron chi connectivity index (χ2n) is 8.37. The second-order valence-corrected chi connectivity index (χ2v) is 8.37. The highest BCUT2D eigenvalue weighted by Crippen LogP contribution is 2.39. The van der Waals surface area contributed by atoms with Crippen LogP contribution in [-0.4, -0.2) is 78.0 Å². The van der Waals surface area contributed by atoms with Gasteiger partial charge in [0.25, 0.3) is 5.69 Å². The average Bonchev–Trinajstić information content (AvgIpc) is 3.30. The van der Waals surface area contributed by atoms with Crippen LogP contribution in [-0.2, 0) is 0 Å². The van der Waals surface area contributed by atoms with Crippen LogP contribution in [0.1, 0.15) is 0 Å². The third-order valence-electron chi connectivity index (χ3n) is 5.67. The Kier molecular flexibility index (Phi) is 7.15. The van der Waals surface area contributed by atoms with E-state index >= 15 is 0 Å². The van der Waals surface area contributed by atoms with E-state index < -0.39 is 4.92 Å². The molecule has 0 bridgehead atoms. The summed E-state index contributed by atoms with van der Waals surface area (Å²) in [5.41, 5.74) is 1.63. The molecule has 0 aliphatic heterocycles. The highest BCUT2D eigenvalue weighted by Gasteiger charge is 2.22. The molecule has 0 saturated carbocycles. The number of methoxy groups -OCH3 is 2. The number of aromatic nitrogens is 4. The van der Waals surface area contributed by atoms with Crippen molar-refractivity contribution in [3.8, 4) is 17.3 Å². The summed E-state index contributed by atoms with van der Waals surface area (Å²) in [4.78, 5) is 24.2. The van der Waals surface area contributed by atoms with Crippen molar-refractivity contribution in [2.24, 2.45) is 0 Å². The van der Waals surface area contributed by atoms with Gasteiger partial charge in [0.2, 0.25) is 5.95 Å². The Morgan fingerprint density at radius 2 is 1.89 bits per heavy atom. The predicted octanol–water partition coefficient (Wildman–Crippen LogP) is 3.48. The fourth-order valence-electron chi connectivity index (χ4n) is 3.72. The van der Waals surface area contributed by atoms with Crippen LogP contribution in [0.5, 0.6) is 11.5 Å². The molecular weight excluding hydrogens is 464 g/mol.